The summed E-state index contributed by atoms with van der Waals surface area (Å²) in [6, 6.07) is 8.38. The highest BCUT2D eigenvalue weighted by molar-refractivity contribution is 8.00. The summed E-state index contributed by atoms with van der Waals surface area (Å²) in [6.45, 7) is 5.05. The molecule has 1 fully saturated rings. The third-order valence-corrected chi connectivity index (χ3v) is 7.65. The van der Waals surface area contributed by atoms with E-state index in [2.05, 4.69) is 10.2 Å². The molecule has 0 aliphatic carbocycles. The van der Waals surface area contributed by atoms with Crippen molar-refractivity contribution in [2.75, 3.05) is 26.2 Å². The number of nitrogens with zero attached hydrogens (tertiary/aromatic N) is 5. The van der Waals surface area contributed by atoms with E-state index in [1.165, 1.54) is 16.1 Å². The summed E-state index contributed by atoms with van der Waals surface area (Å²) in [5, 5.41) is 8.46. The number of amides is 1. The molecule has 0 spiro atoms. The average Bonchev–Trinajstić information content (AvgIpc) is 3.00. The molecule has 3 rings (SSSR count). The number of piperazine rings is 1. The average molecular weight is 410 g/mol. The van der Waals surface area contributed by atoms with E-state index < -0.39 is 10.0 Å². The molecular weight excluding hydrogens is 386 g/mol. The molecular formula is C17H23N5O3S2. The Morgan fingerprint density at radius 2 is 1.74 bits per heavy atom. The second-order valence-corrected chi connectivity index (χ2v) is 9.64. The maximum absolute atomic E-state index is 12.7. The number of rotatable bonds is 5. The first kappa shape index (κ1) is 19.8. The van der Waals surface area contributed by atoms with Crippen LogP contribution in [0, 0.1) is 6.92 Å². The van der Waals surface area contributed by atoms with Gasteiger partial charge < -0.3 is 9.47 Å². The Hall–Kier alpha value is -1.91. The minimum Gasteiger partial charge on any atom is -0.339 e. The molecule has 1 amide bonds. The van der Waals surface area contributed by atoms with Crippen LogP contribution in [0.5, 0.6) is 0 Å². The molecule has 8 nitrogen and oxygen atoms in total. The Kier molecular flexibility index (Phi) is 5.87. The summed E-state index contributed by atoms with van der Waals surface area (Å²) in [5.41, 5.74) is 0. The van der Waals surface area contributed by atoms with Crippen molar-refractivity contribution >= 4 is 27.7 Å². The second kappa shape index (κ2) is 7.99. The Balaban J connectivity index is 1.60. The van der Waals surface area contributed by atoms with Gasteiger partial charge in [0.1, 0.15) is 5.82 Å². The number of aromatic nitrogens is 3. The van der Waals surface area contributed by atoms with Gasteiger partial charge in [-0.05, 0) is 26.0 Å². The number of carbonyl (C=O) groups excluding carboxylic acids is 1. The normalized spacial score (nSPS) is 17.1. The summed E-state index contributed by atoms with van der Waals surface area (Å²) in [5.74, 6) is 0.772. The summed E-state index contributed by atoms with van der Waals surface area (Å²) in [4.78, 5) is 14.7. The van der Waals surface area contributed by atoms with Gasteiger partial charge in [0.2, 0.25) is 15.9 Å². The molecule has 10 heteroatoms. The molecule has 27 heavy (non-hydrogen) atoms. The van der Waals surface area contributed by atoms with Crippen molar-refractivity contribution in [2.45, 2.75) is 29.1 Å². The van der Waals surface area contributed by atoms with Crippen LogP contribution in [-0.2, 0) is 21.9 Å². The first-order chi connectivity index (χ1) is 12.8. The first-order valence-electron chi connectivity index (χ1n) is 8.67. The molecule has 2 heterocycles. The lowest BCUT2D eigenvalue weighted by Gasteiger charge is -2.35. The predicted molar refractivity (Wildman–Crippen MR) is 103 cm³/mol. The fourth-order valence-corrected chi connectivity index (χ4v) is 5.23. The molecule has 0 N–H and O–H groups in total. The van der Waals surface area contributed by atoms with E-state index in [1.54, 1.807) is 35.2 Å². The summed E-state index contributed by atoms with van der Waals surface area (Å²) >= 11 is 1.36. The van der Waals surface area contributed by atoms with Crippen molar-refractivity contribution < 1.29 is 13.2 Å². The highest BCUT2D eigenvalue weighted by Crippen LogP contribution is 2.24. The van der Waals surface area contributed by atoms with Crippen LogP contribution < -0.4 is 0 Å². The lowest BCUT2D eigenvalue weighted by molar-refractivity contribution is -0.131. The predicted octanol–water partition coefficient (Wildman–Crippen LogP) is 1.14. The minimum atomic E-state index is -3.51. The van der Waals surface area contributed by atoms with Gasteiger partial charge in [0.15, 0.2) is 5.16 Å². The highest BCUT2D eigenvalue weighted by Gasteiger charge is 2.32. The fraction of sp³-hybridized carbons (Fsp3) is 0.471. The molecule has 0 radical (unpaired) electrons. The van der Waals surface area contributed by atoms with Gasteiger partial charge in [-0.15, -0.1) is 10.2 Å². The smallest absolute Gasteiger partial charge is 0.243 e. The van der Waals surface area contributed by atoms with Gasteiger partial charge in [0, 0.05) is 33.2 Å². The summed E-state index contributed by atoms with van der Waals surface area (Å²) in [6.07, 6.45) is 0. The molecule has 1 atom stereocenters. The number of carbonyl (C=O) groups is 1. The Morgan fingerprint density at radius 1 is 1.11 bits per heavy atom. The van der Waals surface area contributed by atoms with E-state index in [-0.39, 0.29) is 16.1 Å². The largest absolute Gasteiger partial charge is 0.339 e. The maximum atomic E-state index is 12.7. The number of benzene rings is 1. The number of sulfonamides is 1. The monoisotopic (exact) mass is 409 g/mol. The SMILES string of the molecule is Cc1nnc(S[C@H](C)C(=O)N2CCN(S(=O)(=O)c3ccccc3)CC2)n1C. The van der Waals surface area contributed by atoms with Crippen LogP contribution in [-0.4, -0.2) is 69.7 Å². The number of hydrogen-bond acceptors (Lipinski definition) is 6. The number of thioether (sulfide) groups is 1. The molecule has 1 aromatic carbocycles. The number of aryl methyl sites for hydroxylation is 1. The molecule has 2 aromatic rings. The fourth-order valence-electron chi connectivity index (χ4n) is 2.85. The Morgan fingerprint density at radius 3 is 2.30 bits per heavy atom. The van der Waals surface area contributed by atoms with E-state index in [0.717, 1.165) is 5.82 Å². The van der Waals surface area contributed by atoms with Crippen LogP contribution in [0.2, 0.25) is 0 Å². The van der Waals surface area contributed by atoms with E-state index in [1.807, 2.05) is 25.5 Å². The zero-order valence-electron chi connectivity index (χ0n) is 15.6. The van der Waals surface area contributed by atoms with Crippen molar-refractivity contribution in [3.05, 3.63) is 36.2 Å². The topological polar surface area (TPSA) is 88.4 Å². The van der Waals surface area contributed by atoms with Crippen LogP contribution in [0.4, 0.5) is 0 Å². The van der Waals surface area contributed by atoms with Gasteiger partial charge in [0.25, 0.3) is 0 Å². The third-order valence-electron chi connectivity index (χ3n) is 4.61. The minimum absolute atomic E-state index is 0.0163. The molecule has 0 bridgehead atoms. The van der Waals surface area contributed by atoms with Gasteiger partial charge >= 0.3 is 0 Å². The molecule has 1 aliphatic heterocycles. The number of hydrogen-bond donors (Lipinski definition) is 0. The molecule has 1 aliphatic rings. The van der Waals surface area contributed by atoms with Crippen molar-refractivity contribution in [1.82, 2.24) is 24.0 Å². The van der Waals surface area contributed by atoms with Crippen molar-refractivity contribution in [2.24, 2.45) is 7.05 Å². The van der Waals surface area contributed by atoms with Gasteiger partial charge in [-0.25, -0.2) is 8.42 Å². The van der Waals surface area contributed by atoms with Crippen LogP contribution in [0.3, 0.4) is 0 Å². The highest BCUT2D eigenvalue weighted by atomic mass is 32.2. The van der Waals surface area contributed by atoms with E-state index >= 15 is 0 Å². The Bertz CT molecular complexity index is 906. The standard InChI is InChI=1S/C17H23N5O3S2/c1-13(26-17-19-18-14(2)20(17)3)16(23)21-9-11-22(12-10-21)27(24,25)15-7-5-4-6-8-15/h4-8,13H,9-12H2,1-3H3/t13-/m1/s1. The zero-order chi connectivity index (χ0) is 19.6. The second-order valence-electron chi connectivity index (χ2n) is 6.39. The molecule has 146 valence electrons. The van der Waals surface area contributed by atoms with E-state index in [0.29, 0.717) is 31.3 Å². The lowest BCUT2D eigenvalue weighted by atomic mass is 10.3. The van der Waals surface area contributed by atoms with Crippen LogP contribution >= 0.6 is 11.8 Å². The Labute approximate surface area is 163 Å². The van der Waals surface area contributed by atoms with E-state index in [4.69, 9.17) is 0 Å². The lowest BCUT2D eigenvalue weighted by Crippen LogP contribution is -2.52. The first-order valence-corrected chi connectivity index (χ1v) is 11.0. The molecule has 0 saturated carbocycles. The summed E-state index contributed by atoms with van der Waals surface area (Å²) in [7, 11) is -1.65. The van der Waals surface area contributed by atoms with Crippen molar-refractivity contribution in [1.29, 1.82) is 0 Å². The van der Waals surface area contributed by atoms with E-state index in [9.17, 15) is 13.2 Å². The van der Waals surface area contributed by atoms with Gasteiger partial charge in [-0.2, -0.15) is 4.31 Å². The van der Waals surface area contributed by atoms with Crippen LogP contribution in [0.15, 0.2) is 40.4 Å². The molecule has 1 aromatic heterocycles. The van der Waals surface area contributed by atoms with Crippen molar-refractivity contribution in [3.63, 3.8) is 0 Å². The van der Waals surface area contributed by atoms with Gasteiger partial charge in [-0.3, -0.25) is 4.79 Å². The van der Waals surface area contributed by atoms with Gasteiger partial charge in [0.05, 0.1) is 10.1 Å². The maximum Gasteiger partial charge on any atom is 0.243 e. The van der Waals surface area contributed by atoms with Crippen molar-refractivity contribution in [3.8, 4) is 0 Å². The zero-order valence-corrected chi connectivity index (χ0v) is 17.2. The molecule has 0 unspecified atom stereocenters. The van der Waals surface area contributed by atoms with Crippen LogP contribution in [0.1, 0.15) is 12.7 Å². The quantitative estimate of drug-likeness (QED) is 0.688. The molecule has 1 saturated heterocycles. The van der Waals surface area contributed by atoms with Gasteiger partial charge in [-0.1, -0.05) is 30.0 Å². The third kappa shape index (κ3) is 4.17. The summed E-state index contributed by atoms with van der Waals surface area (Å²) < 4.78 is 28.6. The van der Waals surface area contributed by atoms with Crippen LogP contribution in [0.25, 0.3) is 0 Å².